The van der Waals surface area contributed by atoms with E-state index < -0.39 is 10.0 Å². The summed E-state index contributed by atoms with van der Waals surface area (Å²) in [6.45, 7) is 3.48. The topological polar surface area (TPSA) is 113 Å². The maximum Gasteiger partial charge on any atom is 0.263 e. The number of aromatic nitrogens is 3. The zero-order valence-electron chi connectivity index (χ0n) is 18.2. The second kappa shape index (κ2) is 9.51. The summed E-state index contributed by atoms with van der Waals surface area (Å²) in [5, 5.41) is 8.89. The summed E-state index contributed by atoms with van der Waals surface area (Å²) < 4.78 is 39.0. The van der Waals surface area contributed by atoms with E-state index in [9.17, 15) is 8.42 Å². The molecule has 3 heterocycles. The first-order chi connectivity index (χ1) is 16.4. The van der Waals surface area contributed by atoms with E-state index in [2.05, 4.69) is 48.5 Å². The van der Waals surface area contributed by atoms with Gasteiger partial charge in [0, 0.05) is 46.5 Å². The second-order valence-corrected chi connectivity index (χ2v) is 11.0. The molecule has 3 N–H and O–H groups in total. The van der Waals surface area contributed by atoms with E-state index in [-0.39, 0.29) is 28.4 Å². The third kappa shape index (κ3) is 5.34. The first-order valence-electron chi connectivity index (χ1n) is 10.7. The van der Waals surface area contributed by atoms with Crippen LogP contribution in [0.15, 0.2) is 66.0 Å². The molecule has 0 aliphatic carbocycles. The van der Waals surface area contributed by atoms with Crippen molar-refractivity contribution in [3.63, 3.8) is 0 Å². The summed E-state index contributed by atoms with van der Waals surface area (Å²) in [6.07, 6.45) is 3.45. The van der Waals surface area contributed by atoms with Crippen LogP contribution in [-0.4, -0.2) is 47.3 Å². The summed E-state index contributed by atoms with van der Waals surface area (Å²) in [5.74, 6) is 0. The maximum absolute atomic E-state index is 12.4. The van der Waals surface area contributed by atoms with Gasteiger partial charge in [-0.25, -0.2) is 13.4 Å². The molecule has 0 spiro atoms. The summed E-state index contributed by atoms with van der Waals surface area (Å²) in [4.78, 5) is 4.01. The number of sulfonamides is 1. The first-order valence-corrected chi connectivity index (χ1v) is 13.3. The molecule has 1 fully saturated rings. The zero-order valence-corrected chi connectivity index (χ0v) is 20.6. The van der Waals surface area contributed by atoms with Crippen LogP contribution < -0.4 is 15.4 Å². The van der Waals surface area contributed by atoms with Crippen molar-refractivity contribution in [2.24, 2.45) is 0 Å². The number of epoxide rings is 1. The highest BCUT2D eigenvalue weighted by atomic mass is 35.5. The second-order valence-electron chi connectivity index (χ2n) is 8.09. The third-order valence-corrected chi connectivity index (χ3v) is 7.80. The highest BCUT2D eigenvalue weighted by Gasteiger charge is 2.39. The minimum absolute atomic E-state index is 0.00706. The van der Waals surface area contributed by atoms with Gasteiger partial charge in [-0.2, -0.15) is 4.37 Å². The normalized spacial score (nSPS) is 18.6. The van der Waals surface area contributed by atoms with E-state index in [0.717, 1.165) is 39.7 Å². The molecule has 3 unspecified atom stereocenters. The molecule has 0 saturated carbocycles. The number of fused-ring (bicyclic) bond motifs is 1. The van der Waals surface area contributed by atoms with E-state index in [1.807, 2.05) is 18.2 Å². The molecule has 12 heteroatoms. The van der Waals surface area contributed by atoms with E-state index in [0.29, 0.717) is 6.54 Å². The van der Waals surface area contributed by atoms with Crippen molar-refractivity contribution in [3.05, 3.63) is 66.1 Å². The number of benzene rings is 2. The van der Waals surface area contributed by atoms with Crippen molar-refractivity contribution in [3.8, 4) is 0 Å². The highest BCUT2D eigenvalue weighted by molar-refractivity contribution is 7.93. The number of nitrogens with one attached hydrogen (secondary N) is 3. The van der Waals surface area contributed by atoms with Gasteiger partial charge in [-0.15, -0.1) is 0 Å². The van der Waals surface area contributed by atoms with Crippen molar-refractivity contribution in [1.29, 1.82) is 0 Å². The molecule has 4 aromatic rings. The first kappa shape index (κ1) is 23.1. The van der Waals surface area contributed by atoms with Crippen LogP contribution in [0.3, 0.4) is 0 Å². The minimum Gasteiger partial charge on any atom is -0.383 e. The van der Waals surface area contributed by atoms with Crippen LogP contribution >= 0.6 is 23.1 Å². The standard InChI is InChI=1S/C22H23ClN6O3S2/c1-14(27-21-20(32-21)12-29-9-8-15-2-3-16(23)10-19(15)29)11-24-17-4-6-18(7-5-17)34(30,31)28-22-25-13-26-33-22/h2-10,13-14,20-21,24,27H,11-12H2,1H3,(H,25,26,28). The fourth-order valence-electron chi connectivity index (χ4n) is 3.69. The molecule has 2 aromatic carbocycles. The van der Waals surface area contributed by atoms with Crippen LogP contribution in [0.1, 0.15) is 6.92 Å². The molecular formula is C22H23ClN6O3S2. The number of halogens is 1. The number of anilines is 2. The van der Waals surface area contributed by atoms with Crippen molar-refractivity contribution >= 4 is 54.9 Å². The number of ether oxygens (including phenoxy) is 1. The highest BCUT2D eigenvalue weighted by Crippen LogP contribution is 2.26. The zero-order chi connectivity index (χ0) is 23.7. The number of hydrogen-bond donors (Lipinski definition) is 3. The predicted molar refractivity (Wildman–Crippen MR) is 134 cm³/mol. The molecule has 1 aliphatic rings. The molecule has 178 valence electrons. The van der Waals surface area contributed by atoms with Gasteiger partial charge in [0.05, 0.1) is 11.4 Å². The van der Waals surface area contributed by atoms with Crippen LogP contribution in [0.5, 0.6) is 0 Å². The smallest absolute Gasteiger partial charge is 0.263 e. The Morgan fingerprint density at radius 2 is 2.03 bits per heavy atom. The average Bonchev–Trinajstić information content (AvgIpc) is 3.16. The van der Waals surface area contributed by atoms with Gasteiger partial charge < -0.3 is 14.6 Å². The molecule has 0 amide bonds. The molecular weight excluding hydrogens is 496 g/mol. The third-order valence-electron chi connectivity index (χ3n) is 5.50. The van der Waals surface area contributed by atoms with E-state index in [4.69, 9.17) is 16.3 Å². The fourth-order valence-corrected chi connectivity index (χ4v) is 5.52. The van der Waals surface area contributed by atoms with E-state index >= 15 is 0 Å². The Morgan fingerprint density at radius 3 is 2.79 bits per heavy atom. The molecule has 0 radical (unpaired) electrons. The van der Waals surface area contributed by atoms with Crippen LogP contribution in [0, 0.1) is 0 Å². The van der Waals surface area contributed by atoms with Crippen molar-refractivity contribution in [2.45, 2.75) is 36.7 Å². The number of hydrogen-bond acceptors (Lipinski definition) is 8. The summed E-state index contributed by atoms with van der Waals surface area (Å²) in [6, 6.07) is 14.7. The summed E-state index contributed by atoms with van der Waals surface area (Å²) >= 11 is 7.12. The molecule has 0 bridgehead atoms. The average molecular weight is 519 g/mol. The Labute approximate surface area is 206 Å². The van der Waals surface area contributed by atoms with Crippen molar-refractivity contribution < 1.29 is 13.2 Å². The van der Waals surface area contributed by atoms with Crippen LogP contribution in [0.25, 0.3) is 10.9 Å². The SMILES string of the molecule is CC(CNc1ccc(S(=O)(=O)Nc2ncns2)cc1)NC1OC1Cn1ccc2ccc(Cl)cc21. The van der Waals surface area contributed by atoms with E-state index in [1.54, 1.807) is 24.3 Å². The van der Waals surface area contributed by atoms with Gasteiger partial charge in [0.2, 0.25) is 5.13 Å². The lowest BCUT2D eigenvalue weighted by Gasteiger charge is -2.15. The lowest BCUT2D eigenvalue weighted by atomic mass is 10.2. The van der Waals surface area contributed by atoms with Gasteiger partial charge >= 0.3 is 0 Å². The minimum atomic E-state index is -3.69. The van der Waals surface area contributed by atoms with Gasteiger partial charge in [-0.1, -0.05) is 17.7 Å². The number of rotatable bonds is 10. The van der Waals surface area contributed by atoms with E-state index in [1.165, 1.54) is 6.33 Å². The quantitative estimate of drug-likeness (QED) is 0.274. The van der Waals surface area contributed by atoms with Gasteiger partial charge in [0.15, 0.2) is 0 Å². The maximum atomic E-state index is 12.4. The van der Waals surface area contributed by atoms with Crippen LogP contribution in [-0.2, 0) is 21.3 Å². The molecule has 9 nitrogen and oxygen atoms in total. The molecule has 5 rings (SSSR count). The Hall–Kier alpha value is -2.70. The van der Waals surface area contributed by atoms with Gasteiger partial charge in [0.25, 0.3) is 10.0 Å². The van der Waals surface area contributed by atoms with Crippen LogP contribution in [0.2, 0.25) is 5.02 Å². The lowest BCUT2D eigenvalue weighted by molar-refractivity contribution is 0.324. The Bertz CT molecular complexity index is 1380. The largest absolute Gasteiger partial charge is 0.383 e. The van der Waals surface area contributed by atoms with Crippen LogP contribution in [0.4, 0.5) is 10.8 Å². The monoisotopic (exact) mass is 518 g/mol. The summed E-state index contributed by atoms with van der Waals surface area (Å²) in [5.41, 5.74) is 1.92. The van der Waals surface area contributed by atoms with Crippen molar-refractivity contribution in [1.82, 2.24) is 19.2 Å². The molecule has 2 aromatic heterocycles. The Balaban J connectivity index is 1.09. The van der Waals surface area contributed by atoms with Gasteiger partial charge in [-0.05, 0) is 54.8 Å². The molecule has 34 heavy (non-hydrogen) atoms. The Morgan fingerprint density at radius 1 is 1.21 bits per heavy atom. The predicted octanol–water partition coefficient (Wildman–Crippen LogP) is 3.76. The lowest BCUT2D eigenvalue weighted by Crippen LogP contribution is -2.36. The summed E-state index contributed by atoms with van der Waals surface area (Å²) in [7, 11) is -3.69. The van der Waals surface area contributed by atoms with Gasteiger partial charge in [0.1, 0.15) is 18.7 Å². The molecule has 3 atom stereocenters. The molecule has 1 saturated heterocycles. The fraction of sp³-hybridized carbons (Fsp3) is 0.273. The Kier molecular flexibility index (Phi) is 6.45. The van der Waals surface area contributed by atoms with Crippen molar-refractivity contribution in [2.75, 3.05) is 16.6 Å². The number of nitrogens with zero attached hydrogens (tertiary/aromatic N) is 3. The molecule has 1 aliphatic heterocycles. The van der Waals surface area contributed by atoms with Gasteiger partial charge in [-0.3, -0.25) is 10.0 Å².